The van der Waals surface area contributed by atoms with Gasteiger partial charge in [-0.25, -0.2) is 4.79 Å². The molecule has 1 aliphatic heterocycles. The average Bonchev–Trinajstić information content (AvgIpc) is 3.81. The number of rotatable bonds is 30. The fourth-order valence-corrected chi connectivity index (χ4v) is 7.33. The van der Waals surface area contributed by atoms with E-state index >= 15 is 0 Å². The van der Waals surface area contributed by atoms with Gasteiger partial charge in [-0.1, -0.05) is 44.2 Å². The number of nitrogens with zero attached hydrogens (tertiary/aromatic N) is 1. The number of aliphatic hydroxyl groups excluding tert-OH is 2. The summed E-state index contributed by atoms with van der Waals surface area (Å²) in [6, 6.07) is -2.05. The Bertz CT molecular complexity index is 1960. The number of carbonyl (C=O) groups is 11. The van der Waals surface area contributed by atoms with Crippen LogP contribution in [-0.2, 0) is 59.2 Å². The van der Waals surface area contributed by atoms with Gasteiger partial charge < -0.3 is 73.6 Å². The van der Waals surface area contributed by atoms with Crippen molar-refractivity contribution >= 4 is 76.9 Å². The third kappa shape index (κ3) is 20.8. The molecule has 0 saturated carbocycles. The SMILES string of the molecule is CSCC[C@H](NC(=O)[C@@H](N)CC(C)C)C(=O)N[C@@H](C)C(=O)N[C@@H](Cc1ccccc1)C(=O)NCC(=O)NCC(=O)N[C@@H](CO)C(=O)N[C@@H](CO)C(=O)N[C@@H](CCC(=O)O)C(=O)N1CCC[C@H]1C(=O)O. The molecule has 384 valence electrons. The summed E-state index contributed by atoms with van der Waals surface area (Å²) in [5.74, 6) is -9.87. The smallest absolute Gasteiger partial charge is 0.326 e. The average molecular weight is 995 g/mol. The molecule has 26 heteroatoms. The van der Waals surface area contributed by atoms with Crippen LogP contribution in [0.5, 0.6) is 0 Å². The van der Waals surface area contributed by atoms with Crippen LogP contribution in [0.3, 0.4) is 0 Å². The standard InChI is InChI=1S/C43H66N10O15S/c1-23(2)17-26(44)37(61)49-27(14-16-69-4)39(63)47-24(3)36(60)51-29(18-25-9-6-5-7-10-25)38(62)46-19-33(56)45-20-34(57)48-30(21-54)40(64)52-31(22-55)41(65)50-28(12-13-35(58)59)42(66)53-15-8-11-32(53)43(67)68/h5-7,9-10,23-24,26-32,54-55H,8,11-22,44H2,1-4H3,(H,45,56)(H,46,62)(H,47,63)(H,48,57)(H,49,61)(H,50,65)(H,51,60)(H,52,64)(H,58,59)(H,67,68)/t24-,26-,27-,28-,29-,30-,31-,32-/m0/s1. The number of carboxylic acid groups (broad SMARTS) is 2. The van der Waals surface area contributed by atoms with Crippen LogP contribution < -0.4 is 48.3 Å². The van der Waals surface area contributed by atoms with Gasteiger partial charge in [0.15, 0.2) is 0 Å². The molecular formula is C43H66N10O15S. The van der Waals surface area contributed by atoms with Gasteiger partial charge in [0.05, 0.1) is 32.3 Å². The molecule has 0 spiro atoms. The molecular weight excluding hydrogens is 929 g/mol. The van der Waals surface area contributed by atoms with Gasteiger partial charge in [-0.2, -0.15) is 11.8 Å². The fourth-order valence-electron chi connectivity index (χ4n) is 6.86. The van der Waals surface area contributed by atoms with Gasteiger partial charge in [-0.05, 0) is 62.5 Å². The molecule has 0 radical (unpaired) electrons. The summed E-state index contributed by atoms with van der Waals surface area (Å²) in [5.41, 5.74) is 6.64. The normalized spacial score (nSPS) is 16.2. The number of likely N-dealkylation sites (tertiary alicyclic amines) is 1. The minimum absolute atomic E-state index is 0.0281. The maximum atomic E-state index is 13.4. The van der Waals surface area contributed by atoms with Crippen molar-refractivity contribution in [2.75, 3.05) is 44.9 Å². The van der Waals surface area contributed by atoms with Crippen LogP contribution in [0, 0.1) is 5.92 Å². The summed E-state index contributed by atoms with van der Waals surface area (Å²) in [7, 11) is 0. The molecule has 0 aromatic heterocycles. The third-order valence-corrected chi connectivity index (χ3v) is 11.2. The molecule has 8 atom stereocenters. The Morgan fingerprint density at radius 3 is 1.83 bits per heavy atom. The summed E-state index contributed by atoms with van der Waals surface area (Å²) >= 11 is 1.45. The molecule has 1 saturated heterocycles. The van der Waals surface area contributed by atoms with Crippen LogP contribution in [0.25, 0.3) is 0 Å². The molecule has 1 fully saturated rings. The number of hydrogen-bond acceptors (Lipinski definition) is 15. The molecule has 25 nitrogen and oxygen atoms in total. The summed E-state index contributed by atoms with van der Waals surface area (Å²) in [5, 5.41) is 57.3. The Morgan fingerprint density at radius 1 is 0.681 bits per heavy atom. The lowest BCUT2D eigenvalue weighted by Gasteiger charge is -2.28. The van der Waals surface area contributed by atoms with Gasteiger partial charge in [0, 0.05) is 19.4 Å². The first-order valence-electron chi connectivity index (χ1n) is 22.2. The van der Waals surface area contributed by atoms with Gasteiger partial charge >= 0.3 is 11.9 Å². The molecule has 1 aromatic rings. The minimum atomic E-state index is -1.79. The number of carbonyl (C=O) groups excluding carboxylic acids is 9. The largest absolute Gasteiger partial charge is 0.481 e. The molecule has 14 N–H and O–H groups in total. The highest BCUT2D eigenvalue weighted by atomic mass is 32.2. The molecule has 0 aliphatic carbocycles. The Hall–Kier alpha value is -6.38. The molecule has 1 aliphatic rings. The van der Waals surface area contributed by atoms with Crippen molar-refractivity contribution in [1.29, 1.82) is 0 Å². The Kier molecular flexibility index (Phi) is 25.7. The molecule has 0 unspecified atom stereocenters. The Morgan fingerprint density at radius 2 is 1.25 bits per heavy atom. The van der Waals surface area contributed by atoms with E-state index in [9.17, 15) is 73.2 Å². The van der Waals surface area contributed by atoms with Gasteiger partial charge in [-0.3, -0.25) is 47.9 Å². The van der Waals surface area contributed by atoms with Crippen LogP contribution in [0.2, 0.25) is 0 Å². The van der Waals surface area contributed by atoms with Crippen molar-refractivity contribution in [3.05, 3.63) is 35.9 Å². The van der Waals surface area contributed by atoms with Crippen LogP contribution in [0.1, 0.15) is 64.9 Å². The molecule has 1 aromatic carbocycles. The van der Waals surface area contributed by atoms with E-state index in [1.54, 1.807) is 30.3 Å². The predicted molar refractivity (Wildman–Crippen MR) is 247 cm³/mol. The van der Waals surface area contributed by atoms with Crippen molar-refractivity contribution in [2.24, 2.45) is 11.7 Å². The lowest BCUT2D eigenvalue weighted by Crippen LogP contribution is -2.59. The zero-order chi connectivity index (χ0) is 51.8. The van der Waals surface area contributed by atoms with Crippen molar-refractivity contribution in [3.8, 4) is 0 Å². The second-order valence-corrected chi connectivity index (χ2v) is 17.6. The van der Waals surface area contributed by atoms with E-state index < -0.39 is 153 Å². The number of carboxylic acids is 2. The molecule has 0 bridgehead atoms. The van der Waals surface area contributed by atoms with E-state index in [-0.39, 0.29) is 31.7 Å². The van der Waals surface area contributed by atoms with E-state index in [4.69, 9.17) is 5.73 Å². The molecule has 9 amide bonds. The van der Waals surface area contributed by atoms with Gasteiger partial charge in [0.1, 0.15) is 42.3 Å². The van der Waals surface area contributed by atoms with E-state index in [0.29, 0.717) is 24.2 Å². The van der Waals surface area contributed by atoms with Crippen LogP contribution in [0.4, 0.5) is 0 Å². The second kappa shape index (κ2) is 30.2. The highest BCUT2D eigenvalue weighted by molar-refractivity contribution is 7.98. The van der Waals surface area contributed by atoms with Crippen LogP contribution in [0.15, 0.2) is 30.3 Å². The van der Waals surface area contributed by atoms with Crippen molar-refractivity contribution in [2.45, 2.75) is 114 Å². The number of nitrogens with one attached hydrogen (secondary N) is 8. The van der Waals surface area contributed by atoms with E-state index in [0.717, 1.165) is 4.90 Å². The van der Waals surface area contributed by atoms with Gasteiger partial charge in [-0.15, -0.1) is 0 Å². The summed E-state index contributed by atoms with van der Waals surface area (Å²) in [4.78, 5) is 141. The molecule has 1 heterocycles. The lowest BCUT2D eigenvalue weighted by molar-refractivity contribution is -0.150. The van der Waals surface area contributed by atoms with Crippen molar-refractivity contribution in [3.63, 3.8) is 0 Å². The van der Waals surface area contributed by atoms with E-state index in [1.807, 2.05) is 20.1 Å². The second-order valence-electron chi connectivity index (χ2n) is 16.6. The number of amides is 9. The first-order valence-corrected chi connectivity index (χ1v) is 23.6. The predicted octanol–water partition coefficient (Wildman–Crippen LogP) is -4.56. The summed E-state index contributed by atoms with van der Waals surface area (Å²) < 4.78 is 0. The number of benzene rings is 1. The molecule has 2 rings (SSSR count). The zero-order valence-electron chi connectivity index (χ0n) is 39.0. The number of aliphatic carboxylic acids is 2. The number of nitrogens with two attached hydrogens (primary N) is 1. The Labute approximate surface area is 403 Å². The maximum Gasteiger partial charge on any atom is 0.326 e. The topological polar surface area (TPSA) is 394 Å². The zero-order valence-corrected chi connectivity index (χ0v) is 39.8. The third-order valence-electron chi connectivity index (χ3n) is 10.6. The number of hydrogen-bond donors (Lipinski definition) is 13. The number of thioether (sulfide) groups is 1. The van der Waals surface area contributed by atoms with Crippen LogP contribution in [-0.4, -0.2) is 184 Å². The quantitative estimate of drug-likeness (QED) is 0.0345. The Balaban J connectivity index is 2.01. The lowest BCUT2D eigenvalue weighted by atomic mass is 10.0. The van der Waals surface area contributed by atoms with Gasteiger partial charge in [0.25, 0.3) is 0 Å². The maximum absolute atomic E-state index is 13.4. The van der Waals surface area contributed by atoms with E-state index in [2.05, 4.69) is 42.5 Å². The van der Waals surface area contributed by atoms with Crippen LogP contribution >= 0.6 is 11.8 Å². The number of aliphatic hydroxyl groups is 2. The highest BCUT2D eigenvalue weighted by Gasteiger charge is 2.39. The van der Waals surface area contributed by atoms with Crippen molar-refractivity contribution in [1.82, 2.24) is 47.4 Å². The fraction of sp³-hybridized carbons (Fsp3) is 0.605. The first-order chi connectivity index (χ1) is 32.6. The molecule has 69 heavy (non-hydrogen) atoms. The minimum Gasteiger partial charge on any atom is -0.481 e. The highest BCUT2D eigenvalue weighted by Crippen LogP contribution is 2.20. The first kappa shape index (κ1) is 58.7. The van der Waals surface area contributed by atoms with E-state index in [1.165, 1.54) is 18.7 Å². The van der Waals surface area contributed by atoms with Gasteiger partial charge in [0.2, 0.25) is 53.2 Å². The van der Waals surface area contributed by atoms with Crippen molar-refractivity contribution < 1.29 is 73.2 Å². The summed E-state index contributed by atoms with van der Waals surface area (Å²) in [6.07, 6.45) is 1.84. The summed E-state index contributed by atoms with van der Waals surface area (Å²) in [6.45, 7) is 1.64. The monoisotopic (exact) mass is 994 g/mol.